The molecule has 76 valence electrons. The number of hydrogen-bond donors (Lipinski definition) is 1. The number of hydrogen-bond acceptors (Lipinski definition) is 2. The van der Waals surface area contributed by atoms with Crippen molar-refractivity contribution in [2.24, 2.45) is 0 Å². The molecule has 1 nitrogen and oxygen atoms in total. The van der Waals surface area contributed by atoms with Gasteiger partial charge in [-0.15, -0.1) is 0 Å². The molecule has 14 heavy (non-hydrogen) atoms. The minimum absolute atomic E-state index is 0.580. The molecule has 1 unspecified atom stereocenters. The summed E-state index contributed by atoms with van der Waals surface area (Å²) in [4.78, 5) is 0. The molecular weight excluding hydrogens is 197 g/mol. The van der Waals surface area contributed by atoms with E-state index in [1.807, 2.05) is 0 Å². The average molecular weight is 211 g/mol. The van der Waals surface area contributed by atoms with Crippen LogP contribution < -0.4 is 5.73 Å². The first-order valence-corrected chi connectivity index (χ1v) is 5.99. The van der Waals surface area contributed by atoms with Crippen LogP contribution >= 0.6 is 11.8 Å². The number of nitrogens with two attached hydrogens (primary N) is 1. The zero-order chi connectivity index (χ0) is 10.0. The van der Waals surface area contributed by atoms with Crippen LogP contribution in [0.4, 0.5) is 10.1 Å². The molecule has 1 saturated heterocycles. The molecule has 0 aromatic heterocycles. The fraction of sp³-hybridized carbons (Fsp3) is 0.455. The van der Waals surface area contributed by atoms with Gasteiger partial charge in [-0.3, -0.25) is 0 Å². The van der Waals surface area contributed by atoms with Crippen LogP contribution in [0.5, 0.6) is 0 Å². The second kappa shape index (κ2) is 3.81. The van der Waals surface area contributed by atoms with Crippen molar-refractivity contribution in [1.82, 2.24) is 0 Å². The summed E-state index contributed by atoms with van der Waals surface area (Å²) in [5, 5.41) is 0. The molecule has 0 aliphatic carbocycles. The first-order valence-electron chi connectivity index (χ1n) is 4.83. The molecular formula is C11H14FNS. The van der Waals surface area contributed by atoms with E-state index in [9.17, 15) is 4.39 Å². The lowest BCUT2D eigenvalue weighted by Gasteiger charge is -2.29. The Kier molecular flexibility index (Phi) is 2.68. The summed E-state index contributed by atoms with van der Waals surface area (Å²) in [7, 11) is 0. The molecule has 1 aliphatic rings. The lowest BCUT2D eigenvalue weighted by atomic mass is 9.92. The minimum Gasteiger partial charge on any atom is -0.399 e. The van der Waals surface area contributed by atoms with Gasteiger partial charge in [0.1, 0.15) is 5.67 Å². The lowest BCUT2D eigenvalue weighted by molar-refractivity contribution is 0.178. The molecule has 1 atom stereocenters. The van der Waals surface area contributed by atoms with E-state index in [4.69, 9.17) is 5.73 Å². The van der Waals surface area contributed by atoms with Gasteiger partial charge in [-0.25, -0.2) is 4.39 Å². The van der Waals surface area contributed by atoms with Crippen molar-refractivity contribution in [3.63, 3.8) is 0 Å². The maximum Gasteiger partial charge on any atom is 0.145 e. The maximum absolute atomic E-state index is 14.4. The zero-order valence-corrected chi connectivity index (χ0v) is 8.82. The fourth-order valence-electron chi connectivity index (χ4n) is 1.77. The van der Waals surface area contributed by atoms with Crippen molar-refractivity contribution in [2.45, 2.75) is 18.5 Å². The SMILES string of the molecule is Nc1ccc(C2(F)CCCSC2)cc1. The third kappa shape index (κ3) is 1.87. The van der Waals surface area contributed by atoms with Crippen molar-refractivity contribution in [3.05, 3.63) is 29.8 Å². The summed E-state index contributed by atoms with van der Waals surface area (Å²) in [6, 6.07) is 7.16. The van der Waals surface area contributed by atoms with Gasteiger partial charge < -0.3 is 5.73 Å². The van der Waals surface area contributed by atoms with E-state index < -0.39 is 5.67 Å². The van der Waals surface area contributed by atoms with Crippen molar-refractivity contribution >= 4 is 17.4 Å². The first-order chi connectivity index (χ1) is 6.71. The van der Waals surface area contributed by atoms with E-state index in [0.717, 1.165) is 17.7 Å². The third-order valence-corrected chi connectivity index (χ3v) is 3.86. The Morgan fingerprint density at radius 1 is 1.29 bits per heavy atom. The number of halogens is 1. The van der Waals surface area contributed by atoms with Crippen LogP contribution in [0.25, 0.3) is 0 Å². The zero-order valence-electron chi connectivity index (χ0n) is 8.00. The predicted octanol–water partition coefficient (Wildman–Crippen LogP) is 2.96. The van der Waals surface area contributed by atoms with Crippen LogP contribution in [0, 0.1) is 0 Å². The van der Waals surface area contributed by atoms with E-state index in [2.05, 4.69) is 0 Å². The van der Waals surface area contributed by atoms with Crippen LogP contribution in [-0.2, 0) is 5.67 Å². The second-order valence-corrected chi connectivity index (χ2v) is 4.85. The molecule has 2 rings (SSSR count). The lowest BCUT2D eigenvalue weighted by Crippen LogP contribution is -2.27. The quantitative estimate of drug-likeness (QED) is 0.723. The summed E-state index contributed by atoms with van der Waals surface area (Å²) in [5.41, 5.74) is 5.92. The Morgan fingerprint density at radius 2 is 2.00 bits per heavy atom. The highest BCUT2D eigenvalue weighted by atomic mass is 32.2. The average Bonchev–Trinajstić information content (AvgIpc) is 2.19. The largest absolute Gasteiger partial charge is 0.399 e. The molecule has 1 heterocycles. The Balaban J connectivity index is 2.23. The second-order valence-electron chi connectivity index (χ2n) is 3.74. The van der Waals surface area contributed by atoms with E-state index >= 15 is 0 Å². The van der Waals surface area contributed by atoms with Gasteiger partial charge in [-0.05, 0) is 36.3 Å². The number of rotatable bonds is 1. The number of thioether (sulfide) groups is 1. The summed E-state index contributed by atoms with van der Waals surface area (Å²) < 4.78 is 14.4. The third-order valence-electron chi connectivity index (χ3n) is 2.62. The standard InChI is InChI=1S/C11H14FNS/c12-11(6-1-7-14-8-11)9-2-4-10(13)5-3-9/h2-5H,1,6-8,13H2. The highest BCUT2D eigenvalue weighted by Crippen LogP contribution is 2.39. The van der Waals surface area contributed by atoms with Crippen LogP contribution in [-0.4, -0.2) is 11.5 Å². The van der Waals surface area contributed by atoms with E-state index in [0.29, 0.717) is 17.9 Å². The van der Waals surface area contributed by atoms with Gasteiger partial charge in [0.15, 0.2) is 0 Å². The van der Waals surface area contributed by atoms with Gasteiger partial charge in [0, 0.05) is 11.4 Å². The van der Waals surface area contributed by atoms with E-state index in [1.54, 1.807) is 36.0 Å². The van der Waals surface area contributed by atoms with Gasteiger partial charge in [0.25, 0.3) is 0 Å². The van der Waals surface area contributed by atoms with Crippen LogP contribution in [0.1, 0.15) is 18.4 Å². The normalized spacial score (nSPS) is 27.5. The van der Waals surface area contributed by atoms with Gasteiger partial charge in [-0.2, -0.15) is 11.8 Å². The van der Waals surface area contributed by atoms with Gasteiger partial charge in [0.2, 0.25) is 0 Å². The van der Waals surface area contributed by atoms with Crippen LogP contribution in [0.2, 0.25) is 0 Å². The molecule has 0 amide bonds. The smallest absolute Gasteiger partial charge is 0.145 e. The highest BCUT2D eigenvalue weighted by molar-refractivity contribution is 7.99. The fourth-order valence-corrected chi connectivity index (χ4v) is 2.90. The molecule has 1 fully saturated rings. The molecule has 1 aromatic carbocycles. The minimum atomic E-state index is -1.13. The number of alkyl halides is 1. The molecule has 1 aliphatic heterocycles. The number of benzene rings is 1. The van der Waals surface area contributed by atoms with Crippen molar-refractivity contribution in [1.29, 1.82) is 0 Å². The first kappa shape index (κ1) is 9.84. The molecule has 3 heteroatoms. The van der Waals surface area contributed by atoms with Crippen molar-refractivity contribution in [3.8, 4) is 0 Å². The maximum atomic E-state index is 14.4. The Bertz CT molecular complexity index is 304. The van der Waals surface area contributed by atoms with Gasteiger partial charge in [0.05, 0.1) is 0 Å². The topological polar surface area (TPSA) is 26.0 Å². The Hall–Kier alpha value is -0.700. The Morgan fingerprint density at radius 3 is 2.57 bits per heavy atom. The van der Waals surface area contributed by atoms with Gasteiger partial charge >= 0.3 is 0 Å². The monoisotopic (exact) mass is 211 g/mol. The molecule has 2 N–H and O–H groups in total. The van der Waals surface area contributed by atoms with Crippen molar-refractivity contribution in [2.75, 3.05) is 17.2 Å². The van der Waals surface area contributed by atoms with E-state index in [1.165, 1.54) is 0 Å². The summed E-state index contributed by atoms with van der Waals surface area (Å²) in [6.45, 7) is 0. The van der Waals surface area contributed by atoms with Crippen LogP contribution in [0.15, 0.2) is 24.3 Å². The number of nitrogen functional groups attached to an aromatic ring is 1. The van der Waals surface area contributed by atoms with E-state index in [-0.39, 0.29) is 0 Å². The summed E-state index contributed by atoms with van der Waals surface area (Å²) in [6.07, 6.45) is 1.61. The van der Waals surface area contributed by atoms with Gasteiger partial charge in [-0.1, -0.05) is 12.1 Å². The summed E-state index contributed by atoms with van der Waals surface area (Å²) >= 11 is 1.69. The number of anilines is 1. The molecule has 0 spiro atoms. The summed E-state index contributed by atoms with van der Waals surface area (Å²) in [5.74, 6) is 1.66. The van der Waals surface area contributed by atoms with Crippen LogP contribution in [0.3, 0.4) is 0 Å². The van der Waals surface area contributed by atoms with Crippen molar-refractivity contribution < 1.29 is 4.39 Å². The Labute approximate surface area is 87.9 Å². The molecule has 0 radical (unpaired) electrons. The highest BCUT2D eigenvalue weighted by Gasteiger charge is 2.33. The predicted molar refractivity (Wildman–Crippen MR) is 60.2 cm³/mol. The molecule has 0 bridgehead atoms. The molecule has 0 saturated carbocycles. The molecule has 1 aromatic rings.